The quantitative estimate of drug-likeness (QED) is 0.906. The second kappa shape index (κ2) is 4.93. The summed E-state index contributed by atoms with van der Waals surface area (Å²) < 4.78 is 39.1. The first-order valence-corrected chi connectivity index (χ1v) is 6.10. The molecule has 2 aromatic rings. The Balaban J connectivity index is 2.47. The molecule has 0 aliphatic rings. The van der Waals surface area contributed by atoms with Gasteiger partial charge in [0.15, 0.2) is 11.5 Å². The van der Waals surface area contributed by atoms with Gasteiger partial charge in [0.2, 0.25) is 0 Å². The van der Waals surface area contributed by atoms with Gasteiger partial charge in [0.1, 0.15) is 5.52 Å². The van der Waals surface area contributed by atoms with Crippen molar-refractivity contribution in [1.82, 2.24) is 14.6 Å². The Hall–Kier alpha value is -1.83. The van der Waals surface area contributed by atoms with Crippen molar-refractivity contribution in [3.63, 3.8) is 0 Å². The van der Waals surface area contributed by atoms with E-state index in [1.54, 1.807) is 6.92 Å². The fraction of sp³-hybridized carbons (Fsp3) is 0.500. The topological polar surface area (TPSA) is 62.5 Å². The fourth-order valence-corrected chi connectivity index (χ4v) is 1.68. The van der Waals surface area contributed by atoms with E-state index in [4.69, 9.17) is 0 Å². The summed E-state index contributed by atoms with van der Waals surface area (Å²) in [5, 5.41) is 15.8. The Morgan fingerprint density at radius 1 is 1.40 bits per heavy atom. The molecule has 2 N–H and O–H groups in total. The van der Waals surface area contributed by atoms with Crippen LogP contribution in [0.5, 0.6) is 0 Å². The van der Waals surface area contributed by atoms with Crippen LogP contribution in [-0.4, -0.2) is 31.9 Å². The van der Waals surface area contributed by atoms with Crippen LogP contribution in [0.25, 0.3) is 5.52 Å². The SMILES string of the molecule is CCC(C)(CO)Nc1nccn2nc(C(F)(F)F)cc12. The number of aliphatic hydroxyl groups excluding tert-OH is 1. The molecule has 0 aliphatic heterocycles. The van der Waals surface area contributed by atoms with Gasteiger partial charge in [-0.25, -0.2) is 9.50 Å². The predicted molar refractivity (Wildman–Crippen MR) is 67.4 cm³/mol. The van der Waals surface area contributed by atoms with Crippen LogP contribution in [0, 0.1) is 0 Å². The van der Waals surface area contributed by atoms with Crippen LogP contribution < -0.4 is 5.32 Å². The van der Waals surface area contributed by atoms with Gasteiger partial charge in [-0.2, -0.15) is 18.3 Å². The van der Waals surface area contributed by atoms with Gasteiger partial charge in [0.25, 0.3) is 0 Å². The molecular weight excluding hydrogens is 273 g/mol. The minimum Gasteiger partial charge on any atom is -0.394 e. The minimum atomic E-state index is -4.51. The second-order valence-electron chi connectivity index (χ2n) is 4.83. The smallest absolute Gasteiger partial charge is 0.394 e. The summed E-state index contributed by atoms with van der Waals surface area (Å²) in [6.45, 7) is 3.46. The molecule has 0 bridgehead atoms. The van der Waals surface area contributed by atoms with Crippen LogP contribution in [0.15, 0.2) is 18.5 Å². The van der Waals surface area contributed by atoms with Gasteiger partial charge in [-0.15, -0.1) is 0 Å². The minimum absolute atomic E-state index is 0.160. The van der Waals surface area contributed by atoms with Crippen molar-refractivity contribution in [1.29, 1.82) is 0 Å². The van der Waals surface area contributed by atoms with Crippen molar-refractivity contribution in [3.05, 3.63) is 24.2 Å². The maximum Gasteiger partial charge on any atom is 0.435 e. The first-order chi connectivity index (χ1) is 9.29. The average Bonchev–Trinajstić information content (AvgIpc) is 2.83. The third-order valence-corrected chi connectivity index (χ3v) is 3.23. The van der Waals surface area contributed by atoms with E-state index in [2.05, 4.69) is 15.4 Å². The van der Waals surface area contributed by atoms with Crippen molar-refractivity contribution in [3.8, 4) is 0 Å². The molecule has 110 valence electrons. The number of hydrogen-bond donors (Lipinski definition) is 2. The number of halogens is 3. The second-order valence-corrected chi connectivity index (χ2v) is 4.83. The summed E-state index contributed by atoms with van der Waals surface area (Å²) in [6, 6.07) is 0.933. The van der Waals surface area contributed by atoms with Gasteiger partial charge in [-0.3, -0.25) is 0 Å². The zero-order chi connectivity index (χ0) is 15.0. The van der Waals surface area contributed by atoms with E-state index in [1.807, 2.05) is 6.92 Å². The summed E-state index contributed by atoms with van der Waals surface area (Å²) in [5.41, 5.74) is -1.42. The lowest BCUT2D eigenvalue weighted by molar-refractivity contribution is -0.141. The van der Waals surface area contributed by atoms with Crippen molar-refractivity contribution >= 4 is 11.3 Å². The number of aromatic nitrogens is 3. The Morgan fingerprint density at radius 2 is 2.10 bits per heavy atom. The Morgan fingerprint density at radius 3 is 2.65 bits per heavy atom. The number of nitrogens with zero attached hydrogens (tertiary/aromatic N) is 3. The Labute approximate surface area is 113 Å². The van der Waals surface area contributed by atoms with E-state index in [9.17, 15) is 18.3 Å². The first kappa shape index (κ1) is 14.6. The first-order valence-electron chi connectivity index (χ1n) is 6.10. The molecule has 8 heteroatoms. The number of aliphatic hydroxyl groups is 1. The van der Waals surface area contributed by atoms with Gasteiger partial charge < -0.3 is 10.4 Å². The lowest BCUT2D eigenvalue weighted by Crippen LogP contribution is -2.38. The molecule has 2 aromatic heterocycles. The molecule has 0 fully saturated rings. The maximum absolute atomic E-state index is 12.7. The Kier molecular flexibility index (Phi) is 3.59. The van der Waals surface area contributed by atoms with Gasteiger partial charge in [-0.05, 0) is 13.3 Å². The molecule has 2 heterocycles. The van der Waals surface area contributed by atoms with Gasteiger partial charge >= 0.3 is 6.18 Å². The van der Waals surface area contributed by atoms with Crippen LogP contribution in [0.4, 0.5) is 19.0 Å². The number of nitrogens with one attached hydrogen (secondary N) is 1. The number of fused-ring (bicyclic) bond motifs is 1. The van der Waals surface area contributed by atoms with E-state index in [0.29, 0.717) is 6.42 Å². The molecule has 1 unspecified atom stereocenters. The highest BCUT2D eigenvalue weighted by Gasteiger charge is 2.34. The van der Waals surface area contributed by atoms with Crippen LogP contribution in [0.1, 0.15) is 26.0 Å². The zero-order valence-corrected chi connectivity index (χ0v) is 11.1. The number of rotatable bonds is 4. The molecule has 0 spiro atoms. The number of hydrogen-bond acceptors (Lipinski definition) is 4. The lowest BCUT2D eigenvalue weighted by atomic mass is 10.0. The van der Waals surface area contributed by atoms with Crippen LogP contribution in [0.3, 0.4) is 0 Å². The standard InChI is InChI=1S/C12H15F3N4O/c1-3-11(2,7-20)17-10-8-6-9(12(13,14)15)18-19(8)5-4-16-10/h4-6,20H,3,7H2,1-2H3,(H,16,17). The number of alkyl halides is 3. The van der Waals surface area contributed by atoms with Crippen LogP contribution >= 0.6 is 0 Å². The summed E-state index contributed by atoms with van der Waals surface area (Å²) in [4.78, 5) is 4.03. The molecule has 0 saturated carbocycles. The molecule has 0 amide bonds. The molecule has 2 rings (SSSR count). The van der Waals surface area contributed by atoms with E-state index in [-0.39, 0.29) is 17.9 Å². The monoisotopic (exact) mass is 288 g/mol. The summed E-state index contributed by atoms with van der Waals surface area (Å²) >= 11 is 0. The van der Waals surface area contributed by atoms with Gasteiger partial charge in [0, 0.05) is 18.5 Å². The summed E-state index contributed by atoms with van der Waals surface area (Å²) in [6.07, 6.45) is -1.21. The van der Waals surface area contributed by atoms with E-state index in [1.165, 1.54) is 12.4 Å². The molecule has 0 aromatic carbocycles. The number of anilines is 1. The molecule has 5 nitrogen and oxygen atoms in total. The third-order valence-electron chi connectivity index (χ3n) is 3.23. The van der Waals surface area contributed by atoms with Crippen LogP contribution in [0.2, 0.25) is 0 Å². The highest BCUT2D eigenvalue weighted by molar-refractivity contribution is 5.68. The third kappa shape index (κ3) is 2.69. The molecule has 1 atom stereocenters. The van der Waals surface area contributed by atoms with E-state index < -0.39 is 17.4 Å². The molecule has 20 heavy (non-hydrogen) atoms. The highest BCUT2D eigenvalue weighted by atomic mass is 19.4. The van der Waals surface area contributed by atoms with Crippen molar-refractivity contribution < 1.29 is 18.3 Å². The normalized spacial score (nSPS) is 15.3. The van der Waals surface area contributed by atoms with Crippen molar-refractivity contribution in [2.75, 3.05) is 11.9 Å². The highest BCUT2D eigenvalue weighted by Crippen LogP contribution is 2.30. The fourth-order valence-electron chi connectivity index (χ4n) is 1.68. The van der Waals surface area contributed by atoms with Gasteiger partial charge in [0.05, 0.1) is 12.1 Å². The van der Waals surface area contributed by atoms with Gasteiger partial charge in [-0.1, -0.05) is 6.92 Å². The van der Waals surface area contributed by atoms with E-state index >= 15 is 0 Å². The molecule has 0 saturated heterocycles. The summed E-state index contributed by atoms with van der Waals surface area (Å²) in [7, 11) is 0. The summed E-state index contributed by atoms with van der Waals surface area (Å²) in [5.74, 6) is 0.258. The average molecular weight is 288 g/mol. The van der Waals surface area contributed by atoms with Crippen LogP contribution in [-0.2, 0) is 6.18 Å². The maximum atomic E-state index is 12.7. The zero-order valence-electron chi connectivity index (χ0n) is 11.1. The van der Waals surface area contributed by atoms with E-state index in [0.717, 1.165) is 10.6 Å². The molecule has 0 aliphatic carbocycles. The predicted octanol–water partition coefficient (Wildman–Crippen LogP) is 2.32. The lowest BCUT2D eigenvalue weighted by Gasteiger charge is -2.27. The van der Waals surface area contributed by atoms with Crippen molar-refractivity contribution in [2.24, 2.45) is 0 Å². The molecular formula is C12H15F3N4O. The van der Waals surface area contributed by atoms with Crippen molar-refractivity contribution in [2.45, 2.75) is 32.0 Å². The Bertz CT molecular complexity index is 604. The largest absolute Gasteiger partial charge is 0.435 e. The molecule has 0 radical (unpaired) electrons.